The highest BCUT2D eigenvalue weighted by Gasteiger charge is 2.69. The van der Waals surface area contributed by atoms with Crippen LogP contribution in [-0.2, 0) is 4.74 Å². The molecule has 1 aliphatic rings. The van der Waals surface area contributed by atoms with Crippen molar-refractivity contribution >= 4 is 0 Å². The molecule has 1 fully saturated rings. The van der Waals surface area contributed by atoms with E-state index in [0.717, 1.165) is 26.2 Å². The molecule has 1 nitrogen and oxygen atoms in total. The van der Waals surface area contributed by atoms with E-state index in [1.807, 2.05) is 6.92 Å². The van der Waals surface area contributed by atoms with Gasteiger partial charge in [0.05, 0.1) is 6.10 Å². The van der Waals surface area contributed by atoms with Gasteiger partial charge in [0.2, 0.25) is 0 Å². The first-order chi connectivity index (χ1) is 5.92. The van der Waals surface area contributed by atoms with Gasteiger partial charge >= 0.3 is 6.18 Å². The van der Waals surface area contributed by atoms with Crippen molar-refractivity contribution in [3.8, 4) is 0 Å². The van der Waals surface area contributed by atoms with Crippen LogP contribution in [0.4, 0.5) is 13.2 Å². The van der Waals surface area contributed by atoms with Gasteiger partial charge in [-0.25, -0.2) is 0 Å². The summed E-state index contributed by atoms with van der Waals surface area (Å²) in [6.45, 7) is 3.15. The summed E-state index contributed by atoms with van der Waals surface area (Å²) >= 11 is 0. The van der Waals surface area contributed by atoms with E-state index in [4.69, 9.17) is 4.74 Å². The maximum atomic E-state index is 12.3. The molecule has 1 rings (SSSR count). The molecule has 0 aliphatic carbocycles. The zero-order valence-electron chi connectivity index (χ0n) is 7.95. The summed E-state index contributed by atoms with van der Waals surface area (Å²) in [5.74, 6) is 0. The molecule has 0 saturated carbocycles. The van der Waals surface area contributed by atoms with Crippen molar-refractivity contribution in [2.45, 2.75) is 57.4 Å². The number of unbranched alkanes of at least 4 members (excludes halogenated alkanes) is 2. The molecule has 1 aliphatic heterocycles. The minimum atomic E-state index is -4.20. The van der Waals surface area contributed by atoms with E-state index >= 15 is 0 Å². The Kier molecular flexibility index (Phi) is 2.90. The van der Waals surface area contributed by atoms with Crippen molar-refractivity contribution in [1.82, 2.24) is 0 Å². The van der Waals surface area contributed by atoms with E-state index in [2.05, 4.69) is 0 Å². The van der Waals surface area contributed by atoms with Crippen LogP contribution in [0.1, 0.15) is 39.5 Å². The standard InChI is InChI=1S/C9H15F3O/c1-3-4-5-6-7-8(2,13-7)9(10,11)12/h7H,3-6H2,1-2H3. The monoisotopic (exact) mass is 196 g/mol. The minimum Gasteiger partial charge on any atom is -0.356 e. The summed E-state index contributed by atoms with van der Waals surface area (Å²) in [5, 5.41) is 0. The second-order valence-corrected chi connectivity index (χ2v) is 3.71. The fourth-order valence-corrected chi connectivity index (χ4v) is 1.42. The van der Waals surface area contributed by atoms with Crippen molar-refractivity contribution < 1.29 is 17.9 Å². The molecule has 1 heterocycles. The van der Waals surface area contributed by atoms with Gasteiger partial charge in [-0.2, -0.15) is 13.2 Å². The van der Waals surface area contributed by atoms with Crippen LogP contribution in [-0.4, -0.2) is 17.9 Å². The van der Waals surface area contributed by atoms with Crippen LogP contribution in [0, 0.1) is 0 Å². The summed E-state index contributed by atoms with van der Waals surface area (Å²) < 4.78 is 41.5. The molecule has 0 radical (unpaired) electrons. The lowest BCUT2D eigenvalue weighted by molar-refractivity contribution is -0.178. The molecule has 0 amide bonds. The van der Waals surface area contributed by atoms with E-state index < -0.39 is 17.9 Å². The third-order valence-corrected chi connectivity index (χ3v) is 2.58. The number of ether oxygens (including phenoxy) is 1. The van der Waals surface area contributed by atoms with Crippen LogP contribution in [0.2, 0.25) is 0 Å². The van der Waals surface area contributed by atoms with Gasteiger partial charge in [0.1, 0.15) is 0 Å². The second-order valence-electron chi connectivity index (χ2n) is 3.71. The summed E-state index contributed by atoms with van der Waals surface area (Å²) in [4.78, 5) is 0. The summed E-state index contributed by atoms with van der Waals surface area (Å²) in [5.41, 5.74) is -1.85. The van der Waals surface area contributed by atoms with E-state index in [-0.39, 0.29) is 0 Å². The normalized spacial score (nSPS) is 33.5. The zero-order chi connectivity index (χ0) is 10.1. The van der Waals surface area contributed by atoms with Gasteiger partial charge in [0.15, 0.2) is 5.60 Å². The predicted octanol–water partition coefficient (Wildman–Crippen LogP) is 3.29. The van der Waals surface area contributed by atoms with Gasteiger partial charge in [-0.3, -0.25) is 0 Å². The van der Waals surface area contributed by atoms with Gasteiger partial charge in [0, 0.05) is 0 Å². The average molecular weight is 196 g/mol. The molecule has 0 aromatic heterocycles. The lowest BCUT2D eigenvalue weighted by Gasteiger charge is -2.10. The fourth-order valence-electron chi connectivity index (χ4n) is 1.42. The van der Waals surface area contributed by atoms with Crippen molar-refractivity contribution in [1.29, 1.82) is 0 Å². The molecule has 2 atom stereocenters. The molecule has 2 unspecified atom stereocenters. The smallest absolute Gasteiger partial charge is 0.356 e. The Morgan fingerprint density at radius 2 is 1.92 bits per heavy atom. The molecule has 0 spiro atoms. The fraction of sp³-hybridized carbons (Fsp3) is 1.00. The number of alkyl halides is 3. The van der Waals surface area contributed by atoms with Gasteiger partial charge in [-0.15, -0.1) is 0 Å². The Bertz CT molecular complexity index is 178. The first kappa shape index (κ1) is 10.8. The number of hydrogen-bond acceptors (Lipinski definition) is 1. The summed E-state index contributed by atoms with van der Waals surface area (Å²) in [6, 6.07) is 0. The van der Waals surface area contributed by atoms with Crippen LogP contribution >= 0.6 is 0 Å². The number of epoxide rings is 1. The highest BCUT2D eigenvalue weighted by Crippen LogP contribution is 2.50. The highest BCUT2D eigenvalue weighted by molar-refractivity contribution is 5.04. The van der Waals surface area contributed by atoms with Crippen LogP contribution in [0.5, 0.6) is 0 Å². The summed E-state index contributed by atoms with van der Waals surface area (Å²) in [7, 11) is 0. The third-order valence-electron chi connectivity index (χ3n) is 2.58. The van der Waals surface area contributed by atoms with Crippen LogP contribution in [0.3, 0.4) is 0 Å². The third kappa shape index (κ3) is 2.16. The number of halogens is 3. The topological polar surface area (TPSA) is 12.5 Å². The molecule has 0 bridgehead atoms. The van der Waals surface area contributed by atoms with E-state index in [9.17, 15) is 13.2 Å². The molecule has 1 saturated heterocycles. The molecule has 0 aromatic rings. The number of rotatable bonds is 4. The predicted molar refractivity (Wildman–Crippen MR) is 43.5 cm³/mol. The molecule has 13 heavy (non-hydrogen) atoms. The zero-order valence-corrected chi connectivity index (χ0v) is 7.95. The largest absolute Gasteiger partial charge is 0.419 e. The first-order valence-corrected chi connectivity index (χ1v) is 4.66. The van der Waals surface area contributed by atoms with Crippen LogP contribution < -0.4 is 0 Å². The number of hydrogen-bond donors (Lipinski definition) is 0. The molecule has 78 valence electrons. The average Bonchev–Trinajstić information content (AvgIpc) is 2.63. The summed E-state index contributed by atoms with van der Waals surface area (Å²) in [6.07, 6.45) is -1.44. The minimum absolute atomic E-state index is 0.532. The van der Waals surface area contributed by atoms with Crippen LogP contribution in [0.25, 0.3) is 0 Å². The lowest BCUT2D eigenvalue weighted by Crippen LogP contribution is -2.31. The van der Waals surface area contributed by atoms with Crippen molar-refractivity contribution in [2.75, 3.05) is 0 Å². The van der Waals surface area contributed by atoms with Gasteiger partial charge in [0.25, 0.3) is 0 Å². The Morgan fingerprint density at radius 3 is 2.31 bits per heavy atom. The second kappa shape index (κ2) is 3.48. The molecule has 4 heteroatoms. The van der Waals surface area contributed by atoms with E-state index in [0.29, 0.717) is 6.42 Å². The molecular weight excluding hydrogens is 181 g/mol. The Morgan fingerprint density at radius 1 is 1.31 bits per heavy atom. The molecular formula is C9H15F3O. The maximum Gasteiger partial charge on any atom is 0.419 e. The molecule has 0 N–H and O–H groups in total. The van der Waals surface area contributed by atoms with Gasteiger partial charge in [-0.05, 0) is 13.3 Å². The highest BCUT2D eigenvalue weighted by atomic mass is 19.4. The Balaban J connectivity index is 2.28. The Hall–Kier alpha value is -0.250. The quantitative estimate of drug-likeness (QED) is 0.496. The first-order valence-electron chi connectivity index (χ1n) is 4.66. The van der Waals surface area contributed by atoms with Gasteiger partial charge in [-0.1, -0.05) is 26.2 Å². The maximum absolute atomic E-state index is 12.3. The lowest BCUT2D eigenvalue weighted by atomic mass is 10.0. The molecule has 0 aromatic carbocycles. The van der Waals surface area contributed by atoms with Crippen molar-refractivity contribution in [3.63, 3.8) is 0 Å². The Labute approximate surface area is 76.3 Å². The van der Waals surface area contributed by atoms with E-state index in [1.165, 1.54) is 0 Å². The van der Waals surface area contributed by atoms with Crippen molar-refractivity contribution in [2.24, 2.45) is 0 Å². The van der Waals surface area contributed by atoms with E-state index in [1.54, 1.807) is 0 Å². The van der Waals surface area contributed by atoms with Crippen LogP contribution in [0.15, 0.2) is 0 Å². The SMILES string of the molecule is CCCCCC1OC1(C)C(F)(F)F. The van der Waals surface area contributed by atoms with Gasteiger partial charge < -0.3 is 4.74 Å². The van der Waals surface area contributed by atoms with Crippen molar-refractivity contribution in [3.05, 3.63) is 0 Å².